The summed E-state index contributed by atoms with van der Waals surface area (Å²) >= 11 is 3.12. The highest BCUT2D eigenvalue weighted by Gasteiger charge is 2.20. The zero-order valence-corrected chi connectivity index (χ0v) is 9.63. The Bertz CT molecular complexity index is 525. The van der Waals surface area contributed by atoms with Crippen LogP contribution in [0, 0.1) is 18.8 Å². The van der Waals surface area contributed by atoms with E-state index in [-0.39, 0.29) is 11.5 Å². The number of halogens is 2. The Morgan fingerprint density at radius 2 is 2.21 bits per heavy atom. The van der Waals surface area contributed by atoms with Crippen molar-refractivity contribution in [3.8, 4) is 0 Å². The number of hydrogen-bond donors (Lipinski definition) is 0. The molecular weight excluding hydrogens is 320 g/mol. The monoisotopic (exact) mass is 323 g/mol. The topological polar surface area (TPSA) is 43.1 Å². The third kappa shape index (κ3) is 1.48. The summed E-state index contributed by atoms with van der Waals surface area (Å²) in [6.07, 6.45) is 0. The minimum Gasteiger partial charge on any atom is -0.258 e. The van der Waals surface area contributed by atoms with E-state index in [0.29, 0.717) is 13.0 Å². The molecule has 1 aromatic carbocycles. The highest BCUT2D eigenvalue weighted by atomic mass is 127. The van der Waals surface area contributed by atoms with Gasteiger partial charge in [0.1, 0.15) is 8.70 Å². The second-order valence-corrected chi connectivity index (χ2v) is 5.48. The fraction of sp³-hybridized carbons (Fsp3) is 0. The predicted octanol–water partition coefficient (Wildman–Crippen LogP) is 3.55. The van der Waals surface area contributed by atoms with Gasteiger partial charge in [0.15, 0.2) is 0 Å². The molecule has 0 aliphatic heterocycles. The largest absolute Gasteiger partial charge is 0.301 e. The normalized spacial score (nSPS) is 10.7. The molecule has 2 aromatic rings. The van der Waals surface area contributed by atoms with Crippen molar-refractivity contribution < 1.29 is 9.31 Å². The number of nitro groups is 1. The minimum atomic E-state index is -0.432. The van der Waals surface area contributed by atoms with Crippen molar-refractivity contribution in [1.29, 1.82) is 0 Å². The SMILES string of the molecule is O=[N+]([O-])c1c(I)sc2cc(F)ccc12. The van der Waals surface area contributed by atoms with Gasteiger partial charge in [-0.3, -0.25) is 10.1 Å². The first-order chi connectivity index (χ1) is 6.59. The molecule has 3 nitrogen and oxygen atoms in total. The van der Waals surface area contributed by atoms with Crippen molar-refractivity contribution >= 4 is 49.7 Å². The summed E-state index contributed by atoms with van der Waals surface area (Å²) in [6.45, 7) is 0. The number of thiophene rings is 1. The Hall–Kier alpha value is -0.760. The van der Waals surface area contributed by atoms with Gasteiger partial charge in [0, 0.05) is 4.70 Å². The molecule has 0 radical (unpaired) electrons. The van der Waals surface area contributed by atoms with Crippen LogP contribution in [0.4, 0.5) is 10.1 Å². The van der Waals surface area contributed by atoms with E-state index in [1.165, 1.54) is 29.5 Å². The Balaban J connectivity index is 2.84. The first kappa shape index (κ1) is 9.78. The van der Waals surface area contributed by atoms with Crippen LogP contribution in [0.3, 0.4) is 0 Å². The van der Waals surface area contributed by atoms with Crippen LogP contribution in [0.1, 0.15) is 0 Å². The second-order valence-electron chi connectivity index (χ2n) is 2.62. The third-order valence-corrected chi connectivity index (χ3v) is 3.87. The number of benzene rings is 1. The van der Waals surface area contributed by atoms with Crippen LogP contribution in [0.5, 0.6) is 0 Å². The maximum absolute atomic E-state index is 12.8. The van der Waals surface area contributed by atoms with Gasteiger partial charge in [0.2, 0.25) is 0 Å². The molecule has 0 saturated heterocycles. The average molecular weight is 323 g/mol. The van der Waals surface area contributed by atoms with Crippen LogP contribution < -0.4 is 0 Å². The van der Waals surface area contributed by atoms with Crippen LogP contribution in [-0.4, -0.2) is 4.92 Å². The maximum Gasteiger partial charge on any atom is 0.301 e. The van der Waals surface area contributed by atoms with Gasteiger partial charge < -0.3 is 0 Å². The number of fused-ring (bicyclic) bond motifs is 1. The summed E-state index contributed by atoms with van der Waals surface area (Å²) in [5.74, 6) is -0.370. The number of hydrogen-bond acceptors (Lipinski definition) is 3. The molecule has 6 heteroatoms. The van der Waals surface area contributed by atoms with Gasteiger partial charge in [0.25, 0.3) is 0 Å². The van der Waals surface area contributed by atoms with Crippen molar-refractivity contribution in [3.63, 3.8) is 0 Å². The van der Waals surface area contributed by atoms with E-state index in [0.717, 1.165) is 0 Å². The highest BCUT2D eigenvalue weighted by molar-refractivity contribution is 14.1. The Morgan fingerprint density at radius 1 is 1.50 bits per heavy atom. The van der Waals surface area contributed by atoms with Crippen LogP contribution in [0.25, 0.3) is 10.1 Å². The van der Waals surface area contributed by atoms with Crippen molar-refractivity contribution in [3.05, 3.63) is 37.0 Å². The van der Waals surface area contributed by atoms with Crippen LogP contribution in [0.15, 0.2) is 18.2 Å². The smallest absolute Gasteiger partial charge is 0.258 e. The van der Waals surface area contributed by atoms with E-state index < -0.39 is 4.92 Å². The lowest BCUT2D eigenvalue weighted by Crippen LogP contribution is -1.87. The molecule has 0 aliphatic carbocycles. The molecule has 0 spiro atoms. The van der Waals surface area contributed by atoms with Crippen molar-refractivity contribution in [2.24, 2.45) is 0 Å². The number of rotatable bonds is 1. The van der Waals surface area contributed by atoms with Gasteiger partial charge in [-0.25, -0.2) is 4.39 Å². The summed E-state index contributed by atoms with van der Waals surface area (Å²) in [5.41, 5.74) is 0.0746. The Labute approximate surface area is 95.8 Å². The van der Waals surface area contributed by atoms with Crippen molar-refractivity contribution in [2.75, 3.05) is 0 Å². The summed E-state index contributed by atoms with van der Waals surface area (Å²) in [6, 6.07) is 3.99. The number of nitrogens with zero attached hydrogens (tertiary/aromatic N) is 1. The zero-order valence-electron chi connectivity index (χ0n) is 6.66. The van der Waals surface area contributed by atoms with Crippen molar-refractivity contribution in [2.45, 2.75) is 0 Å². The summed E-state index contributed by atoms with van der Waals surface area (Å²) < 4.78 is 14.0. The predicted molar refractivity (Wildman–Crippen MR) is 61.2 cm³/mol. The van der Waals surface area contributed by atoms with E-state index in [1.807, 2.05) is 22.6 Å². The van der Waals surface area contributed by atoms with Crippen LogP contribution in [0.2, 0.25) is 0 Å². The third-order valence-electron chi connectivity index (χ3n) is 1.77. The van der Waals surface area contributed by atoms with E-state index in [9.17, 15) is 14.5 Å². The molecule has 0 fully saturated rings. The minimum absolute atomic E-state index is 0.0746. The average Bonchev–Trinajstić information content (AvgIpc) is 2.39. The highest BCUT2D eigenvalue weighted by Crippen LogP contribution is 2.38. The Kier molecular flexibility index (Phi) is 2.40. The molecule has 72 valence electrons. The van der Waals surface area contributed by atoms with E-state index in [4.69, 9.17) is 0 Å². The molecule has 0 saturated carbocycles. The van der Waals surface area contributed by atoms with E-state index in [1.54, 1.807) is 0 Å². The second kappa shape index (κ2) is 3.43. The molecule has 0 amide bonds. The molecule has 0 N–H and O–H groups in total. The lowest BCUT2D eigenvalue weighted by Gasteiger charge is -1.90. The maximum atomic E-state index is 12.8. The molecule has 14 heavy (non-hydrogen) atoms. The lowest BCUT2D eigenvalue weighted by atomic mass is 10.2. The van der Waals surface area contributed by atoms with E-state index >= 15 is 0 Å². The standard InChI is InChI=1S/C8H3FINO2S/c9-4-1-2-5-6(3-4)14-8(10)7(5)11(12)13/h1-3H. The fourth-order valence-corrected chi connectivity index (χ4v) is 3.32. The molecule has 2 rings (SSSR count). The van der Waals surface area contributed by atoms with Crippen molar-refractivity contribution in [1.82, 2.24) is 0 Å². The molecule has 0 atom stereocenters. The lowest BCUT2D eigenvalue weighted by molar-refractivity contribution is -0.383. The summed E-state index contributed by atoms with van der Waals surface area (Å²) in [7, 11) is 0. The van der Waals surface area contributed by atoms with Gasteiger partial charge in [-0.1, -0.05) is 0 Å². The van der Waals surface area contributed by atoms with E-state index in [2.05, 4.69) is 0 Å². The fourth-order valence-electron chi connectivity index (χ4n) is 1.20. The Morgan fingerprint density at radius 3 is 2.86 bits per heavy atom. The summed E-state index contributed by atoms with van der Waals surface area (Å²) in [5, 5.41) is 11.2. The molecule has 0 unspecified atom stereocenters. The van der Waals surface area contributed by atoms with Crippen LogP contribution >= 0.6 is 33.9 Å². The first-order valence-corrected chi connectivity index (χ1v) is 5.51. The van der Waals surface area contributed by atoms with Gasteiger partial charge in [-0.2, -0.15) is 0 Å². The van der Waals surface area contributed by atoms with Gasteiger partial charge in [-0.15, -0.1) is 11.3 Å². The molecule has 1 heterocycles. The molecular formula is C8H3FINO2S. The summed E-state index contributed by atoms with van der Waals surface area (Å²) in [4.78, 5) is 10.3. The zero-order chi connectivity index (χ0) is 10.3. The molecule has 1 aromatic heterocycles. The first-order valence-electron chi connectivity index (χ1n) is 3.61. The molecule has 0 bridgehead atoms. The van der Waals surface area contributed by atoms with Crippen LogP contribution in [-0.2, 0) is 0 Å². The van der Waals surface area contributed by atoms with Gasteiger partial charge in [-0.05, 0) is 40.8 Å². The molecule has 0 aliphatic rings. The van der Waals surface area contributed by atoms with Gasteiger partial charge in [0.05, 0.1) is 10.3 Å². The van der Waals surface area contributed by atoms with Gasteiger partial charge >= 0.3 is 5.69 Å². The quantitative estimate of drug-likeness (QED) is 0.458.